The Morgan fingerprint density at radius 3 is 2.43 bits per heavy atom. The topological polar surface area (TPSA) is 24.5 Å². The first kappa shape index (κ1) is 19.4. The summed E-state index contributed by atoms with van der Waals surface area (Å²) in [6, 6.07) is 16.1. The Bertz CT molecular complexity index is 749. The van der Waals surface area contributed by atoms with Crippen LogP contribution in [0, 0.1) is 5.82 Å². The van der Waals surface area contributed by atoms with Crippen LogP contribution in [0.1, 0.15) is 43.2 Å². The van der Waals surface area contributed by atoms with Gasteiger partial charge in [0, 0.05) is 50.5 Å². The molecule has 0 saturated carbocycles. The average molecular weight is 383 g/mol. The molecule has 2 saturated heterocycles. The summed E-state index contributed by atoms with van der Waals surface area (Å²) in [5, 5.41) is 3.64. The fourth-order valence-electron chi connectivity index (χ4n) is 4.57. The van der Waals surface area contributed by atoms with Crippen LogP contribution < -0.4 is 10.2 Å². The van der Waals surface area contributed by atoms with Gasteiger partial charge in [0.25, 0.3) is 0 Å². The number of piperidine rings is 1. The highest BCUT2D eigenvalue weighted by atomic mass is 19.1. The van der Waals surface area contributed by atoms with Crippen molar-refractivity contribution in [1.29, 1.82) is 0 Å². The third-order valence-corrected chi connectivity index (χ3v) is 6.34. The summed E-state index contributed by atoms with van der Waals surface area (Å²) in [5.41, 5.74) is 3.67. The van der Waals surface area contributed by atoms with Gasteiger partial charge in [0.1, 0.15) is 5.82 Å². The average Bonchev–Trinajstić information content (AvgIpc) is 2.76. The van der Waals surface area contributed by atoms with Crippen molar-refractivity contribution in [2.45, 2.75) is 44.1 Å². The minimum atomic E-state index is -0.156. The van der Waals surface area contributed by atoms with E-state index < -0.39 is 0 Å². The second-order valence-electron chi connectivity index (χ2n) is 8.22. The van der Waals surface area contributed by atoms with E-state index in [1.165, 1.54) is 49.7 Å². The van der Waals surface area contributed by atoms with Crippen LogP contribution in [0.15, 0.2) is 48.5 Å². The van der Waals surface area contributed by atoms with Crippen LogP contribution in [0.5, 0.6) is 0 Å². The van der Waals surface area contributed by atoms with E-state index in [0.717, 1.165) is 44.7 Å². The number of anilines is 1. The second kappa shape index (κ2) is 9.06. The molecule has 0 bridgehead atoms. The molecule has 0 radical (unpaired) electrons. The van der Waals surface area contributed by atoms with Crippen LogP contribution in [0.3, 0.4) is 0 Å². The molecule has 150 valence electrons. The highest BCUT2D eigenvalue weighted by Gasteiger charge is 2.34. The summed E-state index contributed by atoms with van der Waals surface area (Å²) in [7, 11) is 0. The highest BCUT2D eigenvalue weighted by Crippen LogP contribution is 2.34. The van der Waals surface area contributed by atoms with Crippen LogP contribution in [0.4, 0.5) is 10.1 Å². The first-order valence-corrected chi connectivity index (χ1v) is 10.6. The fourth-order valence-corrected chi connectivity index (χ4v) is 4.57. The Hall–Kier alpha value is -1.91. The standard InChI is InChI=1S/C24H31FN2O/c25-22-6-4-5-21(17-22)24(11-15-28-16-12-24)19-26-18-20-7-9-23(10-8-20)27-13-2-1-3-14-27/h4-10,17,26H,1-3,11-16,18-19H2. The van der Waals surface area contributed by atoms with Crippen molar-refractivity contribution >= 4 is 5.69 Å². The van der Waals surface area contributed by atoms with Crippen molar-refractivity contribution in [3.05, 3.63) is 65.5 Å². The summed E-state index contributed by atoms with van der Waals surface area (Å²) in [5.74, 6) is -0.156. The molecule has 2 heterocycles. The monoisotopic (exact) mass is 382 g/mol. The number of hydrogen-bond acceptors (Lipinski definition) is 3. The molecule has 2 aromatic carbocycles. The minimum Gasteiger partial charge on any atom is -0.381 e. The predicted molar refractivity (Wildman–Crippen MR) is 112 cm³/mol. The Labute approximate surface area is 167 Å². The fraction of sp³-hybridized carbons (Fsp3) is 0.500. The van der Waals surface area contributed by atoms with Gasteiger partial charge >= 0.3 is 0 Å². The molecule has 0 aromatic heterocycles. The van der Waals surface area contributed by atoms with Crippen LogP contribution in [0.25, 0.3) is 0 Å². The molecule has 2 aliphatic rings. The molecule has 2 fully saturated rings. The molecule has 0 atom stereocenters. The Balaban J connectivity index is 1.38. The predicted octanol–water partition coefficient (Wildman–Crippen LogP) is 4.65. The van der Waals surface area contributed by atoms with E-state index in [-0.39, 0.29) is 11.2 Å². The first-order valence-electron chi connectivity index (χ1n) is 10.6. The third-order valence-electron chi connectivity index (χ3n) is 6.34. The molecule has 0 spiro atoms. The van der Waals surface area contributed by atoms with Gasteiger partial charge in [-0.05, 0) is 67.5 Å². The quantitative estimate of drug-likeness (QED) is 0.787. The number of hydrogen-bond donors (Lipinski definition) is 1. The molecule has 2 aromatic rings. The van der Waals surface area contributed by atoms with E-state index in [1.54, 1.807) is 6.07 Å². The van der Waals surface area contributed by atoms with Gasteiger partial charge in [-0.2, -0.15) is 0 Å². The van der Waals surface area contributed by atoms with Gasteiger partial charge in [0.15, 0.2) is 0 Å². The number of benzene rings is 2. The molecule has 4 heteroatoms. The Morgan fingerprint density at radius 1 is 0.964 bits per heavy atom. The number of ether oxygens (including phenoxy) is 1. The van der Waals surface area contributed by atoms with Gasteiger partial charge in [-0.1, -0.05) is 24.3 Å². The highest BCUT2D eigenvalue weighted by molar-refractivity contribution is 5.47. The molecular weight excluding hydrogens is 351 g/mol. The van der Waals surface area contributed by atoms with E-state index in [0.29, 0.717) is 0 Å². The lowest BCUT2D eigenvalue weighted by Gasteiger charge is -2.38. The molecule has 4 rings (SSSR count). The van der Waals surface area contributed by atoms with E-state index in [9.17, 15) is 4.39 Å². The van der Waals surface area contributed by atoms with Crippen molar-refractivity contribution in [2.24, 2.45) is 0 Å². The lowest BCUT2D eigenvalue weighted by Crippen LogP contribution is -2.42. The SMILES string of the molecule is Fc1cccc(C2(CNCc3ccc(N4CCCCC4)cc3)CCOCC2)c1. The van der Waals surface area contributed by atoms with E-state index >= 15 is 0 Å². The van der Waals surface area contributed by atoms with Crippen LogP contribution in [-0.4, -0.2) is 32.8 Å². The number of halogens is 1. The molecule has 0 amide bonds. The van der Waals surface area contributed by atoms with Crippen LogP contribution in [-0.2, 0) is 16.7 Å². The molecule has 28 heavy (non-hydrogen) atoms. The van der Waals surface area contributed by atoms with Gasteiger partial charge in [-0.25, -0.2) is 4.39 Å². The van der Waals surface area contributed by atoms with Crippen molar-refractivity contribution in [3.8, 4) is 0 Å². The second-order valence-corrected chi connectivity index (χ2v) is 8.22. The zero-order valence-electron chi connectivity index (χ0n) is 16.6. The lowest BCUT2D eigenvalue weighted by molar-refractivity contribution is 0.0497. The van der Waals surface area contributed by atoms with Gasteiger partial charge in [0.05, 0.1) is 0 Å². The van der Waals surface area contributed by atoms with E-state index in [2.05, 4.69) is 40.5 Å². The van der Waals surface area contributed by atoms with Crippen LogP contribution in [0.2, 0.25) is 0 Å². The van der Waals surface area contributed by atoms with Crippen LogP contribution >= 0.6 is 0 Å². The van der Waals surface area contributed by atoms with Crippen molar-refractivity contribution in [3.63, 3.8) is 0 Å². The smallest absolute Gasteiger partial charge is 0.123 e. The van der Waals surface area contributed by atoms with Gasteiger partial charge in [-0.3, -0.25) is 0 Å². The summed E-state index contributed by atoms with van der Waals surface area (Å²) in [6.45, 7) is 5.50. The normalized spacial score (nSPS) is 19.5. The summed E-state index contributed by atoms with van der Waals surface area (Å²) < 4.78 is 19.4. The molecule has 2 aliphatic heterocycles. The number of nitrogens with zero attached hydrogens (tertiary/aromatic N) is 1. The third kappa shape index (κ3) is 4.56. The maximum absolute atomic E-state index is 13.8. The maximum atomic E-state index is 13.8. The van der Waals surface area contributed by atoms with E-state index in [1.807, 2.05) is 6.07 Å². The minimum absolute atomic E-state index is 0.0475. The van der Waals surface area contributed by atoms with Crippen molar-refractivity contribution in [2.75, 3.05) is 37.7 Å². The molecule has 3 nitrogen and oxygen atoms in total. The first-order chi connectivity index (χ1) is 13.8. The zero-order chi connectivity index (χ0) is 19.2. The van der Waals surface area contributed by atoms with Gasteiger partial charge in [-0.15, -0.1) is 0 Å². The molecular formula is C24H31FN2O. The summed E-state index contributed by atoms with van der Waals surface area (Å²) in [4.78, 5) is 2.49. The number of rotatable bonds is 6. The molecule has 0 unspecified atom stereocenters. The Kier molecular flexibility index (Phi) is 6.28. The van der Waals surface area contributed by atoms with Gasteiger partial charge < -0.3 is 15.0 Å². The zero-order valence-corrected chi connectivity index (χ0v) is 16.6. The molecule has 1 N–H and O–H groups in total. The Morgan fingerprint density at radius 2 is 1.71 bits per heavy atom. The lowest BCUT2D eigenvalue weighted by atomic mass is 9.74. The largest absolute Gasteiger partial charge is 0.381 e. The van der Waals surface area contributed by atoms with Gasteiger partial charge in [0.2, 0.25) is 0 Å². The van der Waals surface area contributed by atoms with Crippen molar-refractivity contribution in [1.82, 2.24) is 5.32 Å². The van der Waals surface area contributed by atoms with E-state index in [4.69, 9.17) is 4.74 Å². The summed E-state index contributed by atoms with van der Waals surface area (Å²) >= 11 is 0. The van der Waals surface area contributed by atoms with Crippen molar-refractivity contribution < 1.29 is 9.13 Å². The molecule has 0 aliphatic carbocycles. The number of nitrogens with one attached hydrogen (secondary N) is 1. The summed E-state index contributed by atoms with van der Waals surface area (Å²) in [6.07, 6.45) is 5.82. The maximum Gasteiger partial charge on any atom is 0.123 e.